The van der Waals surface area contributed by atoms with Crippen molar-refractivity contribution >= 4 is 23.5 Å². The maximum Gasteiger partial charge on any atom is 0.125 e. The Morgan fingerprint density at radius 1 is 0.950 bits per heavy atom. The van der Waals surface area contributed by atoms with Gasteiger partial charge in [0.25, 0.3) is 0 Å². The van der Waals surface area contributed by atoms with Gasteiger partial charge in [0.1, 0.15) is 5.75 Å². The lowest BCUT2D eigenvalue weighted by atomic mass is 9.99. The van der Waals surface area contributed by atoms with E-state index in [0.29, 0.717) is 0 Å². The van der Waals surface area contributed by atoms with Gasteiger partial charge in [-0.3, -0.25) is 0 Å². The second-order valence-corrected chi connectivity index (χ2v) is 6.12. The Morgan fingerprint density at radius 3 is 2.10 bits per heavy atom. The Morgan fingerprint density at radius 2 is 1.55 bits per heavy atom. The van der Waals surface area contributed by atoms with Crippen LogP contribution in [0.2, 0.25) is 0 Å². The van der Waals surface area contributed by atoms with Gasteiger partial charge in [-0.05, 0) is 42.3 Å². The van der Waals surface area contributed by atoms with E-state index in [2.05, 4.69) is 48.9 Å². The third kappa shape index (κ3) is 3.32. The van der Waals surface area contributed by atoms with Gasteiger partial charge in [0.2, 0.25) is 0 Å². The van der Waals surface area contributed by atoms with Gasteiger partial charge in [0.15, 0.2) is 0 Å². The molecule has 0 saturated heterocycles. The first-order valence-electron chi connectivity index (χ1n) is 6.31. The van der Waals surface area contributed by atoms with Crippen LogP contribution in [0, 0.1) is 0 Å². The van der Waals surface area contributed by atoms with E-state index in [-0.39, 0.29) is 6.04 Å². The Labute approximate surface area is 129 Å². The second kappa shape index (κ2) is 7.07. The highest BCUT2D eigenvalue weighted by Gasteiger charge is 2.14. The zero-order valence-corrected chi connectivity index (χ0v) is 13.6. The maximum atomic E-state index is 6.38. The summed E-state index contributed by atoms with van der Waals surface area (Å²) < 4.78 is 5.48. The van der Waals surface area contributed by atoms with Crippen LogP contribution in [0.1, 0.15) is 17.2 Å². The largest absolute Gasteiger partial charge is 0.496 e. The SMILES string of the molecule is COc1cc(SC)ccc1C(N)c1ccc(SC)cc1. The molecule has 2 N–H and O–H groups in total. The summed E-state index contributed by atoms with van der Waals surface area (Å²) in [6.45, 7) is 0. The summed E-state index contributed by atoms with van der Waals surface area (Å²) >= 11 is 3.43. The van der Waals surface area contributed by atoms with Crippen LogP contribution in [-0.2, 0) is 0 Å². The molecule has 0 aliphatic carbocycles. The van der Waals surface area contributed by atoms with Crippen molar-refractivity contribution in [1.29, 1.82) is 0 Å². The van der Waals surface area contributed by atoms with Gasteiger partial charge >= 0.3 is 0 Å². The Balaban J connectivity index is 2.33. The van der Waals surface area contributed by atoms with Crippen molar-refractivity contribution in [1.82, 2.24) is 0 Å². The summed E-state index contributed by atoms with van der Waals surface area (Å²) in [7, 11) is 1.69. The van der Waals surface area contributed by atoms with Crippen molar-refractivity contribution in [3.8, 4) is 5.75 Å². The van der Waals surface area contributed by atoms with Crippen molar-refractivity contribution in [3.05, 3.63) is 53.6 Å². The Bertz CT molecular complexity index is 569. The van der Waals surface area contributed by atoms with Crippen LogP contribution in [0.5, 0.6) is 5.75 Å². The van der Waals surface area contributed by atoms with E-state index in [1.54, 1.807) is 30.6 Å². The number of ether oxygens (including phenoxy) is 1. The molecule has 0 spiro atoms. The molecule has 0 saturated carbocycles. The van der Waals surface area contributed by atoms with E-state index >= 15 is 0 Å². The molecule has 4 heteroatoms. The van der Waals surface area contributed by atoms with Gasteiger partial charge in [0.05, 0.1) is 13.2 Å². The maximum absolute atomic E-state index is 6.38. The fraction of sp³-hybridized carbons (Fsp3) is 0.250. The normalized spacial score (nSPS) is 12.2. The number of nitrogens with two attached hydrogens (primary N) is 1. The summed E-state index contributed by atoms with van der Waals surface area (Å²) in [4.78, 5) is 2.42. The van der Waals surface area contributed by atoms with Crippen molar-refractivity contribution in [3.63, 3.8) is 0 Å². The third-order valence-corrected chi connectivity index (χ3v) is 4.72. The minimum Gasteiger partial charge on any atom is -0.496 e. The highest BCUT2D eigenvalue weighted by molar-refractivity contribution is 7.98. The lowest BCUT2D eigenvalue weighted by molar-refractivity contribution is 0.406. The minimum absolute atomic E-state index is 0.170. The van der Waals surface area contributed by atoms with Crippen LogP contribution >= 0.6 is 23.5 Å². The molecule has 0 amide bonds. The summed E-state index contributed by atoms with van der Waals surface area (Å²) in [5.74, 6) is 0.846. The topological polar surface area (TPSA) is 35.2 Å². The molecule has 0 bridgehead atoms. The molecule has 0 radical (unpaired) electrons. The van der Waals surface area contributed by atoms with Crippen molar-refractivity contribution in [2.45, 2.75) is 15.8 Å². The molecule has 2 rings (SSSR count). The number of hydrogen-bond acceptors (Lipinski definition) is 4. The summed E-state index contributed by atoms with van der Waals surface area (Å²) in [6.07, 6.45) is 4.12. The first-order valence-corrected chi connectivity index (χ1v) is 8.76. The first kappa shape index (κ1) is 15.3. The zero-order chi connectivity index (χ0) is 14.5. The summed E-state index contributed by atoms with van der Waals surface area (Å²) in [5.41, 5.74) is 8.49. The first-order chi connectivity index (χ1) is 9.69. The fourth-order valence-electron chi connectivity index (χ4n) is 2.07. The summed E-state index contributed by atoms with van der Waals surface area (Å²) in [6, 6.07) is 14.4. The van der Waals surface area contributed by atoms with E-state index in [4.69, 9.17) is 10.5 Å². The third-order valence-electron chi connectivity index (χ3n) is 3.25. The van der Waals surface area contributed by atoms with Crippen molar-refractivity contribution in [2.75, 3.05) is 19.6 Å². The molecule has 0 aliphatic heterocycles. The molecule has 106 valence electrons. The van der Waals surface area contributed by atoms with Gasteiger partial charge in [-0.25, -0.2) is 0 Å². The van der Waals surface area contributed by atoms with Crippen LogP contribution in [-0.4, -0.2) is 19.6 Å². The molecule has 2 aromatic carbocycles. The van der Waals surface area contributed by atoms with Gasteiger partial charge in [0, 0.05) is 15.4 Å². The zero-order valence-electron chi connectivity index (χ0n) is 11.9. The molecule has 0 aromatic heterocycles. The predicted molar refractivity (Wildman–Crippen MR) is 89.0 cm³/mol. The van der Waals surface area contributed by atoms with Gasteiger partial charge < -0.3 is 10.5 Å². The average molecular weight is 305 g/mol. The molecular weight excluding hydrogens is 286 g/mol. The number of methoxy groups -OCH3 is 1. The molecule has 2 aromatic rings. The average Bonchev–Trinajstić information content (AvgIpc) is 2.53. The Hall–Kier alpha value is -1.10. The minimum atomic E-state index is -0.170. The number of benzene rings is 2. The van der Waals surface area contributed by atoms with Crippen LogP contribution in [0.15, 0.2) is 52.3 Å². The molecule has 1 atom stereocenters. The fourth-order valence-corrected chi connectivity index (χ4v) is 2.90. The number of thioether (sulfide) groups is 2. The van der Waals surface area contributed by atoms with Crippen molar-refractivity contribution < 1.29 is 4.74 Å². The van der Waals surface area contributed by atoms with Gasteiger partial charge in [-0.2, -0.15) is 0 Å². The predicted octanol–water partition coefficient (Wildman–Crippen LogP) is 4.19. The standard InChI is InChI=1S/C16H19NOS2/c1-18-15-10-13(20-3)8-9-14(15)16(17)11-4-6-12(19-2)7-5-11/h4-10,16H,17H2,1-3H3. The highest BCUT2D eigenvalue weighted by Crippen LogP contribution is 2.32. The second-order valence-electron chi connectivity index (χ2n) is 4.36. The molecule has 20 heavy (non-hydrogen) atoms. The van der Waals surface area contributed by atoms with Crippen LogP contribution < -0.4 is 10.5 Å². The smallest absolute Gasteiger partial charge is 0.125 e. The van der Waals surface area contributed by atoms with E-state index in [9.17, 15) is 0 Å². The molecule has 0 heterocycles. The molecule has 0 aliphatic rings. The van der Waals surface area contributed by atoms with Crippen LogP contribution in [0.4, 0.5) is 0 Å². The van der Waals surface area contributed by atoms with Gasteiger partial charge in [-0.15, -0.1) is 23.5 Å². The number of rotatable bonds is 5. The van der Waals surface area contributed by atoms with Crippen molar-refractivity contribution in [2.24, 2.45) is 5.73 Å². The molecular formula is C16H19NOS2. The molecule has 0 fully saturated rings. The van der Waals surface area contributed by atoms with E-state index in [0.717, 1.165) is 16.9 Å². The number of hydrogen-bond donors (Lipinski definition) is 1. The Kier molecular flexibility index (Phi) is 5.40. The lowest BCUT2D eigenvalue weighted by Gasteiger charge is -2.17. The van der Waals surface area contributed by atoms with E-state index in [1.807, 2.05) is 6.07 Å². The summed E-state index contributed by atoms with van der Waals surface area (Å²) in [5, 5.41) is 0. The highest BCUT2D eigenvalue weighted by atomic mass is 32.2. The van der Waals surface area contributed by atoms with Crippen LogP contribution in [0.25, 0.3) is 0 Å². The molecule has 1 unspecified atom stereocenters. The van der Waals surface area contributed by atoms with E-state index < -0.39 is 0 Å². The quantitative estimate of drug-likeness (QED) is 0.840. The van der Waals surface area contributed by atoms with E-state index in [1.165, 1.54) is 9.79 Å². The molecule has 2 nitrogen and oxygen atoms in total. The lowest BCUT2D eigenvalue weighted by Crippen LogP contribution is -2.13. The van der Waals surface area contributed by atoms with Gasteiger partial charge in [-0.1, -0.05) is 18.2 Å². The monoisotopic (exact) mass is 305 g/mol. The van der Waals surface area contributed by atoms with Crippen LogP contribution in [0.3, 0.4) is 0 Å².